The van der Waals surface area contributed by atoms with Crippen LogP contribution in [0.2, 0.25) is 0 Å². The highest BCUT2D eigenvalue weighted by atomic mass is 32.2. The molecule has 30 heavy (non-hydrogen) atoms. The molecule has 2 aromatic carbocycles. The van der Waals surface area contributed by atoms with E-state index in [1.807, 2.05) is 54.6 Å². The minimum atomic E-state index is -0.435. The lowest BCUT2D eigenvalue weighted by Crippen LogP contribution is -2.40. The first-order valence-electron chi connectivity index (χ1n) is 9.91. The highest BCUT2D eigenvalue weighted by Crippen LogP contribution is 2.34. The van der Waals surface area contributed by atoms with E-state index in [0.29, 0.717) is 35.9 Å². The molecular weight excluding hydrogens is 400 g/mol. The van der Waals surface area contributed by atoms with Gasteiger partial charge in [-0.3, -0.25) is 19.3 Å². The minimum Gasteiger partial charge on any atom is -0.488 e. The molecule has 7 heteroatoms. The Morgan fingerprint density at radius 2 is 1.70 bits per heavy atom. The van der Waals surface area contributed by atoms with Crippen LogP contribution in [0.4, 0.5) is 4.79 Å². The van der Waals surface area contributed by atoms with Crippen LogP contribution < -0.4 is 4.74 Å². The number of ether oxygens (including phenoxy) is 1. The Labute approximate surface area is 179 Å². The Hall–Kier alpha value is -3.06. The van der Waals surface area contributed by atoms with Crippen molar-refractivity contribution in [1.29, 1.82) is 0 Å². The van der Waals surface area contributed by atoms with E-state index in [4.69, 9.17) is 4.74 Å². The maximum Gasteiger partial charge on any atom is 0.294 e. The first-order valence-corrected chi connectivity index (χ1v) is 10.7. The summed E-state index contributed by atoms with van der Waals surface area (Å²) < 4.78 is 5.93. The fraction of sp³-hybridized carbons (Fsp3) is 0.261. The van der Waals surface area contributed by atoms with E-state index < -0.39 is 11.1 Å². The molecule has 6 nitrogen and oxygen atoms in total. The predicted octanol–water partition coefficient (Wildman–Crippen LogP) is 3.92. The highest BCUT2D eigenvalue weighted by Gasteiger charge is 2.37. The van der Waals surface area contributed by atoms with Crippen LogP contribution in [0.25, 0.3) is 6.08 Å². The Bertz CT molecular complexity index is 984. The monoisotopic (exact) mass is 422 g/mol. The number of hydrogen-bond acceptors (Lipinski definition) is 5. The van der Waals surface area contributed by atoms with Crippen molar-refractivity contribution < 1.29 is 19.1 Å². The van der Waals surface area contributed by atoms with Crippen LogP contribution in [0, 0.1) is 0 Å². The van der Waals surface area contributed by atoms with Crippen LogP contribution in [0.3, 0.4) is 0 Å². The molecule has 0 atom stereocenters. The van der Waals surface area contributed by atoms with Gasteiger partial charge in [0.05, 0.1) is 4.91 Å². The molecule has 2 aliphatic heterocycles. The van der Waals surface area contributed by atoms with Gasteiger partial charge in [0.1, 0.15) is 18.9 Å². The summed E-state index contributed by atoms with van der Waals surface area (Å²) in [4.78, 5) is 40.5. The molecule has 4 rings (SSSR count). The number of nitrogens with zero attached hydrogens (tertiary/aromatic N) is 2. The molecule has 0 unspecified atom stereocenters. The second kappa shape index (κ2) is 9.17. The number of imide groups is 1. The molecule has 154 valence electrons. The van der Waals surface area contributed by atoms with Gasteiger partial charge in [-0.1, -0.05) is 48.5 Å². The van der Waals surface area contributed by atoms with E-state index in [0.717, 1.165) is 35.1 Å². The van der Waals surface area contributed by atoms with Gasteiger partial charge < -0.3 is 9.64 Å². The number of para-hydroxylation sites is 1. The first kappa shape index (κ1) is 20.2. The third kappa shape index (κ3) is 4.57. The van der Waals surface area contributed by atoms with Crippen molar-refractivity contribution in [1.82, 2.24) is 9.80 Å². The van der Waals surface area contributed by atoms with Crippen molar-refractivity contribution >= 4 is 34.9 Å². The van der Waals surface area contributed by atoms with E-state index in [2.05, 4.69) is 0 Å². The number of carbonyl (C=O) groups is 3. The normalized spacial score (nSPS) is 17.8. The lowest BCUT2D eigenvalue weighted by molar-refractivity contribution is -0.135. The van der Waals surface area contributed by atoms with Gasteiger partial charge in [0.25, 0.3) is 11.1 Å². The van der Waals surface area contributed by atoms with Gasteiger partial charge in [0.15, 0.2) is 0 Å². The van der Waals surface area contributed by atoms with Gasteiger partial charge in [-0.05, 0) is 42.3 Å². The number of amides is 3. The summed E-state index contributed by atoms with van der Waals surface area (Å²) in [6.45, 7) is 1.58. The smallest absolute Gasteiger partial charge is 0.294 e. The number of benzene rings is 2. The minimum absolute atomic E-state index is 0.178. The summed E-state index contributed by atoms with van der Waals surface area (Å²) in [5.74, 6) is 0.0133. The Morgan fingerprint density at radius 3 is 2.47 bits per heavy atom. The van der Waals surface area contributed by atoms with Gasteiger partial charge in [0, 0.05) is 18.7 Å². The van der Waals surface area contributed by atoms with E-state index in [-0.39, 0.29) is 12.5 Å². The highest BCUT2D eigenvalue weighted by molar-refractivity contribution is 8.18. The quantitative estimate of drug-likeness (QED) is 0.660. The summed E-state index contributed by atoms with van der Waals surface area (Å²) in [5.41, 5.74) is 1.75. The first-order chi connectivity index (χ1) is 14.6. The molecule has 0 aromatic heterocycles. The molecule has 3 amide bonds. The van der Waals surface area contributed by atoms with Crippen molar-refractivity contribution in [2.45, 2.75) is 19.4 Å². The second-order valence-corrected chi connectivity index (χ2v) is 8.16. The summed E-state index contributed by atoms with van der Waals surface area (Å²) in [6, 6.07) is 17.2. The third-order valence-electron chi connectivity index (χ3n) is 5.07. The van der Waals surface area contributed by atoms with Crippen molar-refractivity contribution in [2.24, 2.45) is 0 Å². The number of carbonyl (C=O) groups excluding carboxylic acids is 3. The zero-order chi connectivity index (χ0) is 20.9. The van der Waals surface area contributed by atoms with E-state index in [9.17, 15) is 14.4 Å². The maximum atomic E-state index is 12.8. The Balaban J connectivity index is 1.47. The number of thioether (sulfide) groups is 1. The molecule has 0 N–H and O–H groups in total. The molecule has 2 heterocycles. The largest absolute Gasteiger partial charge is 0.488 e. The predicted molar refractivity (Wildman–Crippen MR) is 116 cm³/mol. The molecule has 0 saturated carbocycles. The van der Waals surface area contributed by atoms with Crippen molar-refractivity contribution in [3.05, 3.63) is 70.6 Å². The molecular formula is C23H22N2O4S. The zero-order valence-electron chi connectivity index (χ0n) is 16.5. The van der Waals surface area contributed by atoms with Crippen LogP contribution in [-0.2, 0) is 16.2 Å². The topological polar surface area (TPSA) is 66.9 Å². The van der Waals surface area contributed by atoms with Crippen LogP contribution in [0.15, 0.2) is 59.5 Å². The average Bonchev–Trinajstić information content (AvgIpc) is 3.39. The van der Waals surface area contributed by atoms with Crippen LogP contribution in [0.5, 0.6) is 5.75 Å². The van der Waals surface area contributed by atoms with Crippen molar-refractivity contribution in [3.63, 3.8) is 0 Å². The molecule has 0 aliphatic carbocycles. The Kier molecular flexibility index (Phi) is 6.18. The molecule has 0 spiro atoms. The summed E-state index contributed by atoms with van der Waals surface area (Å²) in [7, 11) is 0. The van der Waals surface area contributed by atoms with Gasteiger partial charge in [-0.15, -0.1) is 0 Å². The fourth-order valence-electron chi connectivity index (χ4n) is 3.45. The molecule has 2 fully saturated rings. The zero-order valence-corrected chi connectivity index (χ0v) is 17.3. The van der Waals surface area contributed by atoms with Crippen molar-refractivity contribution in [3.8, 4) is 5.75 Å². The molecule has 0 bridgehead atoms. The maximum absolute atomic E-state index is 12.8. The lowest BCUT2D eigenvalue weighted by Gasteiger charge is -2.18. The molecule has 2 saturated heterocycles. The van der Waals surface area contributed by atoms with E-state index >= 15 is 0 Å². The summed E-state index contributed by atoms with van der Waals surface area (Å²) >= 11 is 0.857. The summed E-state index contributed by atoms with van der Waals surface area (Å²) in [6.07, 6.45) is 3.59. The average molecular weight is 423 g/mol. The van der Waals surface area contributed by atoms with Crippen LogP contribution in [-0.4, -0.2) is 46.5 Å². The van der Waals surface area contributed by atoms with E-state index in [1.54, 1.807) is 11.0 Å². The van der Waals surface area contributed by atoms with Gasteiger partial charge in [0.2, 0.25) is 5.91 Å². The van der Waals surface area contributed by atoms with E-state index in [1.165, 1.54) is 0 Å². The van der Waals surface area contributed by atoms with Crippen molar-refractivity contribution in [2.75, 3.05) is 19.6 Å². The standard InChI is InChI=1S/C23H22N2O4S/c26-21(24-12-6-7-13-24)15-25-22(27)20(30-23(25)28)14-18-10-4-5-11-19(18)29-16-17-8-2-1-3-9-17/h1-5,8-11,14H,6-7,12-13,15-16H2/b20-14-. The Morgan fingerprint density at radius 1 is 1.00 bits per heavy atom. The SMILES string of the molecule is O=C(CN1C(=O)S/C(=C\c2ccccc2OCc2ccccc2)C1=O)N1CCCC1. The molecule has 2 aromatic rings. The molecule has 0 radical (unpaired) electrons. The number of likely N-dealkylation sites (tertiary alicyclic amines) is 1. The van der Waals surface area contributed by atoms with Gasteiger partial charge in [-0.25, -0.2) is 0 Å². The fourth-order valence-corrected chi connectivity index (χ4v) is 4.28. The number of rotatable bonds is 6. The number of hydrogen-bond donors (Lipinski definition) is 0. The van der Waals surface area contributed by atoms with Gasteiger partial charge >= 0.3 is 0 Å². The lowest BCUT2D eigenvalue weighted by atomic mass is 10.1. The molecule has 2 aliphatic rings. The summed E-state index contributed by atoms with van der Waals surface area (Å²) in [5, 5.41) is -0.415. The van der Waals surface area contributed by atoms with Gasteiger partial charge in [-0.2, -0.15) is 0 Å². The second-order valence-electron chi connectivity index (χ2n) is 7.17. The van der Waals surface area contributed by atoms with Crippen LogP contribution >= 0.6 is 11.8 Å². The third-order valence-corrected chi connectivity index (χ3v) is 5.98. The van der Waals surface area contributed by atoms with Crippen LogP contribution in [0.1, 0.15) is 24.0 Å².